The summed E-state index contributed by atoms with van der Waals surface area (Å²) in [5.74, 6) is -0.225. The number of esters is 1. The summed E-state index contributed by atoms with van der Waals surface area (Å²) in [6, 6.07) is 0. The molecule has 0 atom stereocenters. The minimum Gasteiger partial charge on any atom is -0.463 e. The van der Waals surface area contributed by atoms with E-state index < -0.39 is 0 Å². The Morgan fingerprint density at radius 1 is 1.67 bits per heavy atom. The van der Waals surface area contributed by atoms with Crippen LogP contribution < -0.4 is 5.73 Å². The van der Waals surface area contributed by atoms with E-state index in [2.05, 4.69) is 0 Å². The van der Waals surface area contributed by atoms with E-state index in [1.54, 1.807) is 13.0 Å². The number of carbonyl (C=O) groups excluding carboxylic acids is 1. The molecule has 0 fully saturated rings. The molecular weight excluding hydrogens is 154 g/mol. The average Bonchev–Trinajstić information content (AvgIpc) is 2.52. The molecule has 0 aromatic carbocycles. The van der Waals surface area contributed by atoms with Crippen LogP contribution in [0, 0.1) is 0 Å². The highest BCUT2D eigenvalue weighted by Crippen LogP contribution is 2.18. The highest BCUT2D eigenvalue weighted by molar-refractivity contribution is 5.90. The molecule has 12 heavy (non-hydrogen) atoms. The standard InChI is InChI=1S/C9H13NO2/c1-2-12-9(11)8-4-3-7(5-8)6-10/h3-4H,2,5-6,10H2,1H3. The van der Waals surface area contributed by atoms with Gasteiger partial charge in [-0.25, -0.2) is 4.79 Å². The minimum absolute atomic E-state index is 0.225. The quantitative estimate of drug-likeness (QED) is 0.631. The van der Waals surface area contributed by atoms with E-state index >= 15 is 0 Å². The van der Waals surface area contributed by atoms with Crippen LogP contribution in [0.3, 0.4) is 0 Å². The summed E-state index contributed by atoms with van der Waals surface area (Å²) in [4.78, 5) is 11.1. The van der Waals surface area contributed by atoms with E-state index in [9.17, 15) is 4.79 Å². The highest BCUT2D eigenvalue weighted by atomic mass is 16.5. The van der Waals surface area contributed by atoms with E-state index in [1.165, 1.54) is 0 Å². The van der Waals surface area contributed by atoms with Gasteiger partial charge < -0.3 is 10.5 Å². The second-order valence-corrected chi connectivity index (χ2v) is 2.62. The van der Waals surface area contributed by atoms with E-state index in [0.29, 0.717) is 25.1 Å². The van der Waals surface area contributed by atoms with Crippen LogP contribution in [0.1, 0.15) is 13.3 Å². The van der Waals surface area contributed by atoms with E-state index in [-0.39, 0.29) is 5.97 Å². The van der Waals surface area contributed by atoms with Crippen molar-refractivity contribution in [1.29, 1.82) is 0 Å². The van der Waals surface area contributed by atoms with Crippen molar-refractivity contribution >= 4 is 5.97 Å². The lowest BCUT2D eigenvalue weighted by Crippen LogP contribution is -2.08. The lowest BCUT2D eigenvalue weighted by molar-refractivity contribution is -0.138. The third-order valence-electron chi connectivity index (χ3n) is 1.74. The van der Waals surface area contributed by atoms with Crippen LogP contribution >= 0.6 is 0 Å². The summed E-state index contributed by atoms with van der Waals surface area (Å²) in [6.45, 7) is 2.73. The van der Waals surface area contributed by atoms with Gasteiger partial charge in [0.05, 0.1) is 6.61 Å². The van der Waals surface area contributed by atoms with Gasteiger partial charge in [0.2, 0.25) is 0 Å². The lowest BCUT2D eigenvalue weighted by Gasteiger charge is -2.02. The van der Waals surface area contributed by atoms with Crippen LogP contribution in [0.25, 0.3) is 0 Å². The molecule has 0 saturated heterocycles. The van der Waals surface area contributed by atoms with Crippen molar-refractivity contribution in [3.63, 3.8) is 0 Å². The van der Waals surface area contributed by atoms with E-state index in [1.807, 2.05) is 6.08 Å². The van der Waals surface area contributed by atoms with Crippen molar-refractivity contribution in [3.8, 4) is 0 Å². The Morgan fingerprint density at radius 2 is 2.42 bits per heavy atom. The van der Waals surface area contributed by atoms with Crippen LogP contribution in [-0.2, 0) is 9.53 Å². The molecule has 0 aromatic rings. The number of rotatable bonds is 3. The zero-order chi connectivity index (χ0) is 8.97. The highest BCUT2D eigenvalue weighted by Gasteiger charge is 2.14. The topological polar surface area (TPSA) is 52.3 Å². The van der Waals surface area contributed by atoms with Gasteiger partial charge in [-0.2, -0.15) is 0 Å². The molecule has 3 nitrogen and oxygen atoms in total. The Hall–Kier alpha value is -1.09. The Balaban J connectivity index is 2.45. The molecule has 0 amide bonds. The van der Waals surface area contributed by atoms with Gasteiger partial charge in [0, 0.05) is 18.5 Å². The zero-order valence-corrected chi connectivity index (χ0v) is 7.17. The molecule has 1 aliphatic rings. The Kier molecular flexibility index (Phi) is 3.05. The second-order valence-electron chi connectivity index (χ2n) is 2.62. The summed E-state index contributed by atoms with van der Waals surface area (Å²) in [7, 11) is 0. The van der Waals surface area contributed by atoms with Crippen LogP contribution in [-0.4, -0.2) is 19.1 Å². The first-order valence-electron chi connectivity index (χ1n) is 4.03. The Bertz CT molecular complexity index is 241. The first-order valence-corrected chi connectivity index (χ1v) is 4.03. The normalized spacial score (nSPS) is 15.5. The monoisotopic (exact) mass is 167 g/mol. The van der Waals surface area contributed by atoms with Crippen molar-refractivity contribution in [1.82, 2.24) is 0 Å². The molecule has 0 aromatic heterocycles. The maximum absolute atomic E-state index is 11.1. The predicted molar refractivity (Wildman–Crippen MR) is 46.5 cm³/mol. The third-order valence-corrected chi connectivity index (χ3v) is 1.74. The maximum atomic E-state index is 11.1. The number of ether oxygens (including phenoxy) is 1. The summed E-state index contributed by atoms with van der Waals surface area (Å²) in [5.41, 5.74) is 7.20. The molecule has 2 N–H and O–H groups in total. The summed E-state index contributed by atoms with van der Waals surface area (Å²) >= 11 is 0. The van der Waals surface area contributed by atoms with Gasteiger partial charge in [-0.15, -0.1) is 0 Å². The Labute approximate surface area is 71.9 Å². The average molecular weight is 167 g/mol. The summed E-state index contributed by atoms with van der Waals surface area (Å²) in [5, 5.41) is 0. The number of hydrogen-bond acceptors (Lipinski definition) is 3. The summed E-state index contributed by atoms with van der Waals surface area (Å²) in [6.07, 6.45) is 4.31. The van der Waals surface area contributed by atoms with Gasteiger partial charge in [0.25, 0.3) is 0 Å². The molecule has 1 rings (SSSR count). The molecule has 0 aliphatic heterocycles. The van der Waals surface area contributed by atoms with Gasteiger partial charge >= 0.3 is 5.97 Å². The fraction of sp³-hybridized carbons (Fsp3) is 0.444. The smallest absolute Gasteiger partial charge is 0.334 e. The molecule has 3 heteroatoms. The van der Waals surface area contributed by atoms with E-state index in [4.69, 9.17) is 10.5 Å². The number of nitrogens with two attached hydrogens (primary N) is 1. The SMILES string of the molecule is CCOC(=O)C1=CC=C(CN)C1. The fourth-order valence-corrected chi connectivity index (χ4v) is 1.09. The fourth-order valence-electron chi connectivity index (χ4n) is 1.09. The van der Waals surface area contributed by atoms with Crippen molar-refractivity contribution < 1.29 is 9.53 Å². The number of hydrogen-bond donors (Lipinski definition) is 1. The molecule has 0 unspecified atom stereocenters. The molecule has 0 saturated carbocycles. The largest absolute Gasteiger partial charge is 0.463 e. The third kappa shape index (κ3) is 1.95. The first-order chi connectivity index (χ1) is 5.77. The molecule has 0 heterocycles. The molecule has 0 bridgehead atoms. The first kappa shape index (κ1) is 9.00. The zero-order valence-electron chi connectivity index (χ0n) is 7.17. The van der Waals surface area contributed by atoms with Crippen molar-refractivity contribution in [2.24, 2.45) is 5.73 Å². The van der Waals surface area contributed by atoms with Crippen molar-refractivity contribution in [2.45, 2.75) is 13.3 Å². The lowest BCUT2D eigenvalue weighted by atomic mass is 10.1. The Morgan fingerprint density at radius 3 is 2.92 bits per heavy atom. The van der Waals surface area contributed by atoms with Gasteiger partial charge in [0.1, 0.15) is 0 Å². The molecular formula is C9H13NO2. The molecule has 0 radical (unpaired) electrons. The van der Waals surface area contributed by atoms with Crippen LogP contribution in [0.2, 0.25) is 0 Å². The molecule has 66 valence electrons. The van der Waals surface area contributed by atoms with Crippen LogP contribution in [0.4, 0.5) is 0 Å². The molecule has 1 aliphatic carbocycles. The van der Waals surface area contributed by atoms with Crippen molar-refractivity contribution in [3.05, 3.63) is 23.3 Å². The van der Waals surface area contributed by atoms with Gasteiger partial charge in [-0.05, 0) is 6.92 Å². The van der Waals surface area contributed by atoms with Gasteiger partial charge in [-0.3, -0.25) is 0 Å². The minimum atomic E-state index is -0.225. The van der Waals surface area contributed by atoms with Gasteiger partial charge in [0.15, 0.2) is 0 Å². The number of carbonyl (C=O) groups is 1. The van der Waals surface area contributed by atoms with Gasteiger partial charge in [-0.1, -0.05) is 17.7 Å². The number of allylic oxidation sites excluding steroid dienone is 2. The molecule has 0 spiro atoms. The van der Waals surface area contributed by atoms with Crippen LogP contribution in [0.15, 0.2) is 23.3 Å². The predicted octanol–water partition coefficient (Wildman–Crippen LogP) is 0.765. The van der Waals surface area contributed by atoms with Crippen molar-refractivity contribution in [2.75, 3.05) is 13.2 Å². The van der Waals surface area contributed by atoms with Crippen LogP contribution in [0.5, 0.6) is 0 Å². The maximum Gasteiger partial charge on any atom is 0.334 e. The summed E-state index contributed by atoms with van der Waals surface area (Å²) < 4.78 is 4.84. The second kappa shape index (κ2) is 4.07. The van der Waals surface area contributed by atoms with E-state index in [0.717, 1.165) is 5.57 Å².